The smallest absolute Gasteiger partial charge is 0.263 e. The SMILES string of the molecule is COC[C@H]1CCN(C(=O)c2cnc(C34CC5CC(CC(C5)C3)C4)[nH]c2=O)C1. The molecule has 1 amide bonds. The van der Waals surface area contributed by atoms with Gasteiger partial charge in [-0.05, 0) is 62.7 Å². The maximum absolute atomic E-state index is 12.8. The molecule has 6 heteroatoms. The molecule has 0 aromatic carbocycles. The van der Waals surface area contributed by atoms with E-state index in [0.717, 1.165) is 49.3 Å². The number of carbonyl (C=O) groups excluding carboxylic acids is 1. The molecule has 0 unspecified atom stereocenters. The Morgan fingerprint density at radius 1 is 1.26 bits per heavy atom. The zero-order chi connectivity index (χ0) is 18.6. The van der Waals surface area contributed by atoms with Gasteiger partial charge in [0.05, 0.1) is 6.61 Å². The lowest BCUT2D eigenvalue weighted by molar-refractivity contribution is -0.00954. The monoisotopic (exact) mass is 371 g/mol. The van der Waals surface area contributed by atoms with E-state index in [9.17, 15) is 9.59 Å². The van der Waals surface area contributed by atoms with E-state index in [0.29, 0.717) is 25.6 Å². The number of methoxy groups -OCH3 is 1. The average Bonchev–Trinajstić information content (AvgIpc) is 3.09. The van der Waals surface area contributed by atoms with Crippen molar-refractivity contribution in [2.45, 2.75) is 50.4 Å². The lowest BCUT2D eigenvalue weighted by Crippen LogP contribution is -2.50. The Morgan fingerprint density at radius 2 is 1.93 bits per heavy atom. The molecule has 4 saturated carbocycles. The summed E-state index contributed by atoms with van der Waals surface area (Å²) in [6.45, 7) is 2.00. The Balaban J connectivity index is 1.37. The van der Waals surface area contributed by atoms with Crippen molar-refractivity contribution in [3.8, 4) is 0 Å². The molecule has 0 radical (unpaired) electrons. The van der Waals surface area contributed by atoms with Crippen molar-refractivity contribution in [1.82, 2.24) is 14.9 Å². The van der Waals surface area contributed by atoms with Gasteiger partial charge in [0.15, 0.2) is 0 Å². The van der Waals surface area contributed by atoms with Gasteiger partial charge in [0.25, 0.3) is 11.5 Å². The first-order valence-electron chi connectivity index (χ1n) is 10.4. The van der Waals surface area contributed by atoms with E-state index in [4.69, 9.17) is 4.74 Å². The van der Waals surface area contributed by atoms with Crippen molar-refractivity contribution in [2.24, 2.45) is 23.7 Å². The number of hydrogen-bond donors (Lipinski definition) is 1. The Morgan fingerprint density at radius 3 is 2.52 bits per heavy atom. The molecule has 6 rings (SSSR count). The number of hydrogen-bond acceptors (Lipinski definition) is 4. The van der Waals surface area contributed by atoms with Crippen molar-refractivity contribution in [2.75, 3.05) is 26.8 Å². The third-order valence-corrected chi connectivity index (χ3v) is 7.55. The van der Waals surface area contributed by atoms with Crippen LogP contribution in [-0.2, 0) is 10.2 Å². The first kappa shape index (κ1) is 17.4. The number of nitrogens with zero attached hydrogens (tertiary/aromatic N) is 2. The minimum Gasteiger partial charge on any atom is -0.384 e. The van der Waals surface area contributed by atoms with Crippen LogP contribution in [0.2, 0.25) is 0 Å². The van der Waals surface area contributed by atoms with E-state index in [1.165, 1.54) is 19.3 Å². The van der Waals surface area contributed by atoms with Crippen molar-refractivity contribution in [1.29, 1.82) is 0 Å². The predicted molar refractivity (Wildman–Crippen MR) is 101 cm³/mol. The number of aromatic nitrogens is 2. The highest BCUT2D eigenvalue weighted by Gasteiger charge is 2.53. The number of nitrogens with one attached hydrogen (secondary N) is 1. The number of likely N-dealkylation sites (tertiary alicyclic amines) is 1. The fraction of sp³-hybridized carbons (Fsp3) is 0.762. The molecule has 1 atom stereocenters. The normalized spacial score (nSPS) is 37.1. The average molecular weight is 371 g/mol. The van der Waals surface area contributed by atoms with Crippen LogP contribution in [0.3, 0.4) is 0 Å². The lowest BCUT2D eigenvalue weighted by atomic mass is 9.49. The number of rotatable bonds is 4. The standard InChI is InChI=1S/C21H29N3O3/c1-27-12-13-2-3-24(11-13)19(26)17-10-22-20(23-18(17)25)21-7-14-4-15(8-21)6-16(5-14)9-21/h10,13-16H,2-9,11-12H2,1H3,(H,22,23,25)/t13-,14?,15?,16?,21?/m0/s1. The Kier molecular flexibility index (Phi) is 4.15. The third kappa shape index (κ3) is 2.93. The van der Waals surface area contributed by atoms with Crippen LogP contribution in [0.15, 0.2) is 11.0 Å². The van der Waals surface area contributed by atoms with Crippen LogP contribution in [0.5, 0.6) is 0 Å². The van der Waals surface area contributed by atoms with Gasteiger partial charge in [0.2, 0.25) is 0 Å². The molecule has 4 aliphatic carbocycles. The summed E-state index contributed by atoms with van der Waals surface area (Å²) in [6.07, 6.45) is 10.0. The predicted octanol–water partition coefficient (Wildman–Crippen LogP) is 2.35. The van der Waals surface area contributed by atoms with Crippen LogP contribution in [0.1, 0.15) is 61.1 Å². The maximum atomic E-state index is 12.8. The number of aromatic amines is 1. The molecule has 1 aliphatic heterocycles. The van der Waals surface area contributed by atoms with Gasteiger partial charge >= 0.3 is 0 Å². The van der Waals surface area contributed by atoms with Crippen LogP contribution in [0, 0.1) is 23.7 Å². The highest BCUT2D eigenvalue weighted by molar-refractivity contribution is 5.93. The fourth-order valence-corrected chi connectivity index (χ4v) is 6.78. The Bertz CT molecular complexity index is 767. The largest absolute Gasteiger partial charge is 0.384 e. The quantitative estimate of drug-likeness (QED) is 0.882. The summed E-state index contributed by atoms with van der Waals surface area (Å²) >= 11 is 0. The van der Waals surface area contributed by atoms with E-state index >= 15 is 0 Å². The van der Waals surface area contributed by atoms with Gasteiger partial charge in [-0.1, -0.05) is 0 Å². The molecule has 2 heterocycles. The molecule has 5 aliphatic rings. The van der Waals surface area contributed by atoms with Gasteiger partial charge in [-0.2, -0.15) is 0 Å². The topological polar surface area (TPSA) is 75.3 Å². The van der Waals surface area contributed by atoms with E-state index < -0.39 is 0 Å². The number of ether oxygens (including phenoxy) is 1. The van der Waals surface area contributed by atoms with Gasteiger partial charge in [-0.25, -0.2) is 4.98 Å². The zero-order valence-corrected chi connectivity index (χ0v) is 16.1. The van der Waals surface area contributed by atoms with E-state index in [1.54, 1.807) is 18.2 Å². The Labute approximate surface area is 159 Å². The summed E-state index contributed by atoms with van der Waals surface area (Å²) < 4.78 is 5.20. The summed E-state index contributed by atoms with van der Waals surface area (Å²) in [4.78, 5) is 35.0. The number of H-pyrrole nitrogens is 1. The highest BCUT2D eigenvalue weighted by atomic mass is 16.5. The van der Waals surface area contributed by atoms with Crippen molar-refractivity contribution in [3.05, 3.63) is 27.9 Å². The number of carbonyl (C=O) groups is 1. The second-order valence-electron chi connectivity index (χ2n) is 9.53. The highest BCUT2D eigenvalue weighted by Crippen LogP contribution is 2.59. The summed E-state index contributed by atoms with van der Waals surface area (Å²) in [5.41, 5.74) is -0.0374. The minimum atomic E-state index is -0.268. The van der Waals surface area contributed by atoms with Crippen molar-refractivity contribution in [3.63, 3.8) is 0 Å². The summed E-state index contributed by atoms with van der Waals surface area (Å²) in [7, 11) is 1.68. The first-order valence-corrected chi connectivity index (χ1v) is 10.4. The molecule has 27 heavy (non-hydrogen) atoms. The molecule has 5 fully saturated rings. The summed E-state index contributed by atoms with van der Waals surface area (Å²) in [5.74, 6) is 3.39. The molecule has 1 saturated heterocycles. The van der Waals surface area contributed by atoms with Crippen LogP contribution in [0.4, 0.5) is 0 Å². The molecule has 0 spiro atoms. The minimum absolute atomic E-state index is 0.0483. The molecule has 146 valence electrons. The van der Waals surface area contributed by atoms with Crippen molar-refractivity contribution >= 4 is 5.91 Å². The van der Waals surface area contributed by atoms with Crippen LogP contribution < -0.4 is 5.56 Å². The zero-order valence-electron chi connectivity index (χ0n) is 16.1. The second-order valence-corrected chi connectivity index (χ2v) is 9.53. The van der Waals surface area contributed by atoms with Gasteiger partial charge < -0.3 is 14.6 Å². The Hall–Kier alpha value is -1.69. The molecule has 1 aromatic heterocycles. The third-order valence-electron chi connectivity index (χ3n) is 7.55. The van der Waals surface area contributed by atoms with Gasteiger partial charge in [0, 0.05) is 37.7 Å². The van der Waals surface area contributed by atoms with E-state index in [1.807, 2.05) is 0 Å². The molecule has 4 bridgehead atoms. The lowest BCUT2D eigenvalue weighted by Gasteiger charge is -2.56. The van der Waals surface area contributed by atoms with Crippen LogP contribution in [-0.4, -0.2) is 47.6 Å². The second kappa shape index (κ2) is 6.43. The summed E-state index contributed by atoms with van der Waals surface area (Å²) in [6, 6.07) is 0. The first-order chi connectivity index (χ1) is 13.1. The van der Waals surface area contributed by atoms with Crippen molar-refractivity contribution < 1.29 is 9.53 Å². The van der Waals surface area contributed by atoms with Crippen LogP contribution >= 0.6 is 0 Å². The molecular formula is C21H29N3O3. The van der Waals surface area contributed by atoms with Gasteiger partial charge in [-0.3, -0.25) is 9.59 Å². The van der Waals surface area contributed by atoms with Crippen LogP contribution in [0.25, 0.3) is 0 Å². The molecule has 6 nitrogen and oxygen atoms in total. The van der Waals surface area contributed by atoms with E-state index in [2.05, 4.69) is 9.97 Å². The fourth-order valence-electron chi connectivity index (χ4n) is 6.78. The van der Waals surface area contributed by atoms with E-state index in [-0.39, 0.29) is 22.4 Å². The van der Waals surface area contributed by atoms with Gasteiger partial charge in [-0.15, -0.1) is 0 Å². The van der Waals surface area contributed by atoms with Gasteiger partial charge in [0.1, 0.15) is 11.4 Å². The molecular weight excluding hydrogens is 342 g/mol. The molecule has 1 aromatic rings. The molecule has 1 N–H and O–H groups in total. The number of amides is 1. The maximum Gasteiger partial charge on any atom is 0.263 e. The summed E-state index contributed by atoms with van der Waals surface area (Å²) in [5, 5.41) is 0.